The van der Waals surface area contributed by atoms with Gasteiger partial charge in [0.15, 0.2) is 0 Å². The highest BCUT2D eigenvalue weighted by Crippen LogP contribution is 2.56. The molecule has 0 aromatic carbocycles. The monoisotopic (exact) mass is 308 g/mol. The van der Waals surface area contributed by atoms with E-state index in [0.29, 0.717) is 15.8 Å². The summed E-state index contributed by atoms with van der Waals surface area (Å²) in [5.74, 6) is 1.01. The van der Waals surface area contributed by atoms with Gasteiger partial charge >= 0.3 is 5.97 Å². The lowest BCUT2D eigenvalue weighted by Gasteiger charge is -2.47. The van der Waals surface area contributed by atoms with Crippen LogP contribution in [0.25, 0.3) is 0 Å². The van der Waals surface area contributed by atoms with Crippen molar-refractivity contribution in [2.24, 2.45) is 23.7 Å². The van der Waals surface area contributed by atoms with Crippen molar-refractivity contribution in [3.05, 3.63) is 0 Å². The number of aliphatic hydroxyl groups is 1. The molecule has 4 rings (SSSR count). The van der Waals surface area contributed by atoms with Crippen LogP contribution in [0.3, 0.4) is 0 Å². The molecule has 0 radical (unpaired) electrons. The zero-order valence-electron chi connectivity index (χ0n) is 7.73. The van der Waals surface area contributed by atoms with Gasteiger partial charge < -0.3 is 9.84 Å². The minimum absolute atomic E-state index is 0.00904. The SMILES string of the molecule is O=C1O[C@H]2[C@H](I)[C@H]3CC[C@H]2[C@H]1[C@H]3CO. The van der Waals surface area contributed by atoms with E-state index in [4.69, 9.17) is 4.74 Å². The quantitative estimate of drug-likeness (QED) is 0.446. The van der Waals surface area contributed by atoms with Crippen LogP contribution in [0.1, 0.15) is 12.8 Å². The van der Waals surface area contributed by atoms with Crippen LogP contribution in [0, 0.1) is 23.7 Å². The molecule has 3 nitrogen and oxygen atoms in total. The summed E-state index contributed by atoms with van der Waals surface area (Å²) in [7, 11) is 0. The summed E-state index contributed by atoms with van der Waals surface area (Å²) in [5.41, 5.74) is 0. The topological polar surface area (TPSA) is 46.5 Å². The van der Waals surface area contributed by atoms with E-state index in [9.17, 15) is 9.90 Å². The largest absolute Gasteiger partial charge is 0.461 e. The molecule has 4 bridgehead atoms. The number of halogens is 1. The molecule has 0 aromatic rings. The Balaban J connectivity index is 2.01. The Bertz CT molecular complexity index is 281. The van der Waals surface area contributed by atoms with Gasteiger partial charge in [-0.15, -0.1) is 0 Å². The first-order chi connectivity index (χ1) is 6.74. The van der Waals surface area contributed by atoms with E-state index in [-0.39, 0.29) is 30.5 Å². The molecule has 4 fully saturated rings. The lowest BCUT2D eigenvalue weighted by atomic mass is 9.59. The van der Waals surface area contributed by atoms with Crippen molar-refractivity contribution in [2.45, 2.75) is 22.9 Å². The lowest BCUT2D eigenvalue weighted by Crippen LogP contribution is -2.51. The molecule has 4 aliphatic rings. The Morgan fingerprint density at radius 2 is 2.14 bits per heavy atom. The van der Waals surface area contributed by atoms with Crippen molar-refractivity contribution in [3.63, 3.8) is 0 Å². The minimum atomic E-state index is -0.0529. The zero-order chi connectivity index (χ0) is 9.87. The molecule has 1 aliphatic heterocycles. The molecule has 0 unspecified atom stereocenters. The number of esters is 1. The van der Waals surface area contributed by atoms with Crippen LogP contribution in [0.15, 0.2) is 0 Å². The van der Waals surface area contributed by atoms with Crippen LogP contribution in [0.4, 0.5) is 0 Å². The molecule has 14 heavy (non-hydrogen) atoms. The normalized spacial score (nSPS) is 54.9. The number of hydrogen-bond acceptors (Lipinski definition) is 3. The molecule has 3 aliphatic carbocycles. The number of alkyl halides is 1. The van der Waals surface area contributed by atoms with Crippen molar-refractivity contribution in [1.29, 1.82) is 0 Å². The Hall–Kier alpha value is 0.160. The molecular formula is C10H13IO3. The summed E-state index contributed by atoms with van der Waals surface area (Å²) in [5, 5.41) is 9.36. The molecule has 1 saturated heterocycles. The van der Waals surface area contributed by atoms with Gasteiger partial charge in [-0.2, -0.15) is 0 Å². The fourth-order valence-corrected chi connectivity index (χ4v) is 5.14. The average molecular weight is 308 g/mol. The molecule has 0 amide bonds. The van der Waals surface area contributed by atoms with Gasteiger partial charge in [-0.05, 0) is 24.7 Å². The van der Waals surface area contributed by atoms with E-state index in [1.807, 2.05) is 0 Å². The Labute approximate surface area is 96.3 Å². The zero-order valence-corrected chi connectivity index (χ0v) is 9.88. The maximum Gasteiger partial charge on any atom is 0.310 e. The Morgan fingerprint density at radius 3 is 2.86 bits per heavy atom. The maximum absolute atomic E-state index is 11.6. The summed E-state index contributed by atoms with van der Waals surface area (Å²) in [6.07, 6.45) is 2.42. The molecule has 1 heterocycles. The molecule has 3 saturated carbocycles. The van der Waals surface area contributed by atoms with E-state index in [1.165, 1.54) is 0 Å². The van der Waals surface area contributed by atoms with Crippen molar-refractivity contribution in [1.82, 2.24) is 0 Å². The number of fused-ring (bicyclic) bond motifs is 1. The van der Waals surface area contributed by atoms with E-state index in [0.717, 1.165) is 12.8 Å². The van der Waals surface area contributed by atoms with Gasteiger partial charge in [0.05, 0.1) is 9.84 Å². The third kappa shape index (κ3) is 0.988. The number of carbonyl (C=O) groups is 1. The minimum Gasteiger partial charge on any atom is -0.461 e. The van der Waals surface area contributed by atoms with E-state index in [1.54, 1.807) is 0 Å². The number of hydrogen-bond donors (Lipinski definition) is 1. The van der Waals surface area contributed by atoms with Gasteiger partial charge in [0.2, 0.25) is 0 Å². The van der Waals surface area contributed by atoms with E-state index < -0.39 is 0 Å². The lowest BCUT2D eigenvalue weighted by molar-refractivity contribution is -0.144. The summed E-state index contributed by atoms with van der Waals surface area (Å²) in [6, 6.07) is 0. The summed E-state index contributed by atoms with van der Waals surface area (Å²) < 4.78 is 5.83. The van der Waals surface area contributed by atoms with Gasteiger partial charge in [0.25, 0.3) is 0 Å². The summed E-state index contributed by atoms with van der Waals surface area (Å²) in [6.45, 7) is 0.146. The van der Waals surface area contributed by atoms with Crippen LogP contribution in [-0.4, -0.2) is 27.7 Å². The number of aliphatic hydroxyl groups excluding tert-OH is 1. The highest BCUT2D eigenvalue weighted by atomic mass is 127. The van der Waals surface area contributed by atoms with Crippen LogP contribution < -0.4 is 0 Å². The van der Waals surface area contributed by atoms with E-state index in [2.05, 4.69) is 22.6 Å². The number of rotatable bonds is 1. The van der Waals surface area contributed by atoms with Crippen molar-refractivity contribution in [3.8, 4) is 0 Å². The molecule has 78 valence electrons. The predicted molar refractivity (Wildman–Crippen MR) is 58.0 cm³/mol. The van der Waals surface area contributed by atoms with Gasteiger partial charge in [-0.1, -0.05) is 22.6 Å². The second-order valence-corrected chi connectivity index (χ2v) is 6.06. The third-order valence-electron chi connectivity index (χ3n) is 4.19. The second kappa shape index (κ2) is 3.07. The summed E-state index contributed by atoms with van der Waals surface area (Å²) in [4.78, 5) is 11.6. The van der Waals surface area contributed by atoms with Crippen LogP contribution >= 0.6 is 22.6 Å². The Morgan fingerprint density at radius 1 is 1.43 bits per heavy atom. The first kappa shape index (κ1) is 9.39. The van der Waals surface area contributed by atoms with E-state index >= 15 is 0 Å². The van der Waals surface area contributed by atoms with Crippen LogP contribution in [0.2, 0.25) is 0 Å². The summed E-state index contributed by atoms with van der Waals surface area (Å²) >= 11 is 2.40. The van der Waals surface area contributed by atoms with Crippen molar-refractivity contribution in [2.75, 3.05) is 6.61 Å². The number of ether oxygens (including phenoxy) is 1. The molecular weight excluding hydrogens is 295 g/mol. The third-order valence-corrected chi connectivity index (χ3v) is 5.82. The van der Waals surface area contributed by atoms with Gasteiger partial charge in [0.1, 0.15) is 6.10 Å². The molecule has 0 aromatic heterocycles. The standard InChI is InChI=1S/C10H13IO3/c11-8-4-1-2-5-7(6(4)3-12)10(13)14-9(5)8/h4-9,12H,1-3H2/t4-,5-,6-,7-,8+,9+/m0/s1. The van der Waals surface area contributed by atoms with Crippen LogP contribution in [0.5, 0.6) is 0 Å². The first-order valence-corrected chi connectivity index (χ1v) is 6.44. The molecule has 1 N–H and O–H groups in total. The molecule has 4 heteroatoms. The number of carbonyl (C=O) groups excluding carboxylic acids is 1. The van der Waals surface area contributed by atoms with Crippen molar-refractivity contribution >= 4 is 28.6 Å². The van der Waals surface area contributed by atoms with Crippen molar-refractivity contribution < 1.29 is 14.6 Å². The second-order valence-electron chi connectivity index (χ2n) is 4.62. The van der Waals surface area contributed by atoms with Gasteiger partial charge in [0, 0.05) is 12.5 Å². The average Bonchev–Trinajstić information content (AvgIpc) is 2.50. The van der Waals surface area contributed by atoms with Gasteiger partial charge in [-0.25, -0.2) is 0 Å². The molecule has 0 spiro atoms. The fraction of sp³-hybridized carbons (Fsp3) is 0.900. The predicted octanol–water partition coefficient (Wildman–Crippen LogP) is 0.980. The van der Waals surface area contributed by atoms with Gasteiger partial charge in [-0.3, -0.25) is 4.79 Å². The van der Waals surface area contributed by atoms with Crippen LogP contribution in [-0.2, 0) is 9.53 Å². The highest BCUT2D eigenvalue weighted by Gasteiger charge is 2.61. The molecule has 6 atom stereocenters. The fourth-order valence-electron chi connectivity index (χ4n) is 3.57. The Kier molecular flexibility index (Phi) is 2.06. The maximum atomic E-state index is 11.6. The smallest absolute Gasteiger partial charge is 0.310 e. The highest BCUT2D eigenvalue weighted by molar-refractivity contribution is 14.1. The first-order valence-electron chi connectivity index (χ1n) is 5.19.